The molecule has 2 aliphatic rings. The zero-order valence-corrected chi connectivity index (χ0v) is 19.5. The van der Waals surface area contributed by atoms with E-state index in [1.54, 1.807) is 13.2 Å². The molecule has 5 rings (SSSR count). The zero-order valence-electron chi connectivity index (χ0n) is 19.5. The van der Waals surface area contributed by atoms with E-state index in [-0.39, 0.29) is 11.6 Å². The highest BCUT2D eigenvalue weighted by atomic mass is 16.5. The number of rotatable bonds is 7. The summed E-state index contributed by atoms with van der Waals surface area (Å²) >= 11 is 0. The van der Waals surface area contributed by atoms with Gasteiger partial charge in [-0.15, -0.1) is 0 Å². The van der Waals surface area contributed by atoms with E-state index in [4.69, 9.17) is 9.47 Å². The first-order valence-corrected chi connectivity index (χ1v) is 11.8. The van der Waals surface area contributed by atoms with Gasteiger partial charge in [0, 0.05) is 28.7 Å². The van der Waals surface area contributed by atoms with Crippen molar-refractivity contribution < 1.29 is 23.9 Å². The molecule has 1 saturated carbocycles. The topological polar surface area (TPSA) is 89.9 Å². The number of hydrogen-bond acceptors (Lipinski definition) is 5. The standard InChI is InChI=1S/C27H27N3O5/c1-34-23-12-6-7-13-24(23)35-15-14-29-17-18(20-10-4-5-11-22(20)29)16-21-25(31)28-27(33)30(26(21)32)19-8-2-3-9-19/h4-7,10-13,16-17,19H,2-3,8-9,14-15H2,1H3,(H,28,31,33)/b21-16-. The Kier molecular flexibility index (Phi) is 6.27. The number of carbonyl (C=O) groups excluding carboxylic acids is 3. The van der Waals surface area contributed by atoms with Gasteiger partial charge < -0.3 is 14.0 Å². The fourth-order valence-electron chi connectivity index (χ4n) is 4.89. The number of aromatic nitrogens is 1. The number of para-hydroxylation sites is 3. The third-order valence-corrected chi connectivity index (χ3v) is 6.60. The van der Waals surface area contributed by atoms with Crippen LogP contribution in [-0.4, -0.2) is 47.1 Å². The molecule has 2 fully saturated rings. The molecule has 35 heavy (non-hydrogen) atoms. The summed E-state index contributed by atoms with van der Waals surface area (Å²) < 4.78 is 13.3. The second-order valence-corrected chi connectivity index (χ2v) is 8.73. The number of amides is 4. The number of fused-ring (bicyclic) bond motifs is 1. The van der Waals surface area contributed by atoms with Gasteiger partial charge in [-0.25, -0.2) is 4.79 Å². The number of benzene rings is 2. The molecule has 0 spiro atoms. The SMILES string of the molecule is COc1ccccc1OCCn1cc(/C=C2/C(=O)NC(=O)N(C3CCCC3)C2=O)c2ccccc21. The van der Waals surface area contributed by atoms with Crippen LogP contribution in [0.5, 0.6) is 11.5 Å². The summed E-state index contributed by atoms with van der Waals surface area (Å²) in [6.07, 6.45) is 6.97. The quantitative estimate of drug-likeness (QED) is 0.412. The molecule has 1 aliphatic heterocycles. The molecule has 3 aromatic rings. The minimum atomic E-state index is -0.661. The van der Waals surface area contributed by atoms with Crippen LogP contribution >= 0.6 is 0 Å². The molecule has 1 N–H and O–H groups in total. The molecule has 2 heterocycles. The molecule has 8 heteroatoms. The predicted molar refractivity (Wildman–Crippen MR) is 131 cm³/mol. The van der Waals surface area contributed by atoms with Crippen molar-refractivity contribution in [1.29, 1.82) is 0 Å². The van der Waals surface area contributed by atoms with Crippen LogP contribution in [0.2, 0.25) is 0 Å². The van der Waals surface area contributed by atoms with Crippen LogP contribution in [-0.2, 0) is 16.1 Å². The summed E-state index contributed by atoms with van der Waals surface area (Å²) in [5.41, 5.74) is 1.66. The Balaban J connectivity index is 1.42. The van der Waals surface area contributed by atoms with Crippen molar-refractivity contribution in [3.8, 4) is 11.5 Å². The monoisotopic (exact) mass is 473 g/mol. The first kappa shape index (κ1) is 22.7. The molecule has 2 aromatic carbocycles. The van der Waals surface area contributed by atoms with Gasteiger partial charge in [-0.1, -0.05) is 43.2 Å². The number of ether oxygens (including phenoxy) is 2. The second-order valence-electron chi connectivity index (χ2n) is 8.73. The summed E-state index contributed by atoms with van der Waals surface area (Å²) in [6.45, 7) is 0.951. The molecular weight excluding hydrogens is 446 g/mol. The van der Waals surface area contributed by atoms with E-state index in [2.05, 4.69) is 5.32 Å². The Morgan fingerprint density at radius 1 is 1.00 bits per heavy atom. The maximum Gasteiger partial charge on any atom is 0.331 e. The van der Waals surface area contributed by atoms with Crippen molar-refractivity contribution in [2.45, 2.75) is 38.3 Å². The van der Waals surface area contributed by atoms with Crippen LogP contribution in [0.25, 0.3) is 17.0 Å². The Hall–Kier alpha value is -4.07. The Morgan fingerprint density at radius 2 is 1.71 bits per heavy atom. The van der Waals surface area contributed by atoms with Crippen molar-refractivity contribution in [1.82, 2.24) is 14.8 Å². The third-order valence-electron chi connectivity index (χ3n) is 6.60. The number of hydrogen-bond donors (Lipinski definition) is 1. The van der Waals surface area contributed by atoms with Gasteiger partial charge in [0.2, 0.25) is 0 Å². The highest BCUT2D eigenvalue weighted by molar-refractivity contribution is 6.31. The molecule has 4 amide bonds. The molecule has 0 bridgehead atoms. The van der Waals surface area contributed by atoms with Gasteiger partial charge in [0.1, 0.15) is 12.2 Å². The van der Waals surface area contributed by atoms with E-state index in [9.17, 15) is 14.4 Å². The van der Waals surface area contributed by atoms with Crippen LogP contribution in [0, 0.1) is 0 Å². The van der Waals surface area contributed by atoms with Crippen LogP contribution < -0.4 is 14.8 Å². The smallest absolute Gasteiger partial charge is 0.331 e. The van der Waals surface area contributed by atoms with Gasteiger partial charge >= 0.3 is 6.03 Å². The number of imide groups is 2. The van der Waals surface area contributed by atoms with E-state index in [0.717, 1.165) is 42.1 Å². The lowest BCUT2D eigenvalue weighted by Crippen LogP contribution is -2.57. The fourth-order valence-corrected chi connectivity index (χ4v) is 4.89. The van der Waals surface area contributed by atoms with Gasteiger partial charge in [0.15, 0.2) is 11.5 Å². The van der Waals surface area contributed by atoms with Crippen molar-refractivity contribution in [2.75, 3.05) is 13.7 Å². The molecule has 1 aromatic heterocycles. The molecule has 0 unspecified atom stereocenters. The van der Waals surface area contributed by atoms with Crippen LogP contribution in [0.3, 0.4) is 0 Å². The van der Waals surface area contributed by atoms with Crippen LogP contribution in [0.4, 0.5) is 4.79 Å². The third kappa shape index (κ3) is 4.39. The Bertz CT molecular complexity index is 1320. The van der Waals surface area contributed by atoms with Crippen molar-refractivity contribution in [3.05, 3.63) is 65.9 Å². The Labute approximate surface area is 203 Å². The van der Waals surface area contributed by atoms with E-state index in [1.807, 2.05) is 59.3 Å². The maximum absolute atomic E-state index is 13.2. The van der Waals surface area contributed by atoms with Crippen molar-refractivity contribution in [2.24, 2.45) is 0 Å². The van der Waals surface area contributed by atoms with Crippen LogP contribution in [0.1, 0.15) is 31.2 Å². The van der Waals surface area contributed by atoms with Gasteiger partial charge in [-0.05, 0) is 37.1 Å². The lowest BCUT2D eigenvalue weighted by molar-refractivity contribution is -0.131. The molecular formula is C27H27N3O5. The lowest BCUT2D eigenvalue weighted by atomic mass is 10.0. The van der Waals surface area contributed by atoms with E-state index < -0.39 is 17.8 Å². The predicted octanol–water partition coefficient (Wildman–Crippen LogP) is 4.13. The largest absolute Gasteiger partial charge is 0.493 e. The number of carbonyl (C=O) groups is 3. The molecule has 1 saturated heterocycles. The number of barbiturate groups is 1. The van der Waals surface area contributed by atoms with E-state index >= 15 is 0 Å². The summed E-state index contributed by atoms with van der Waals surface area (Å²) in [5, 5.41) is 3.25. The lowest BCUT2D eigenvalue weighted by Gasteiger charge is -2.31. The molecule has 0 atom stereocenters. The van der Waals surface area contributed by atoms with Gasteiger partial charge in [-0.2, -0.15) is 0 Å². The summed E-state index contributed by atoms with van der Waals surface area (Å²) in [7, 11) is 1.60. The zero-order chi connectivity index (χ0) is 24.4. The minimum Gasteiger partial charge on any atom is -0.493 e. The summed E-state index contributed by atoms with van der Waals surface area (Å²) in [5.74, 6) is 0.140. The number of nitrogens with one attached hydrogen (secondary N) is 1. The number of urea groups is 1. The number of nitrogens with zero attached hydrogens (tertiary/aromatic N) is 2. The normalized spacial score (nSPS) is 17.9. The number of methoxy groups -OCH3 is 1. The Morgan fingerprint density at radius 3 is 2.49 bits per heavy atom. The average Bonchev–Trinajstić information content (AvgIpc) is 3.51. The summed E-state index contributed by atoms with van der Waals surface area (Å²) in [4.78, 5) is 39.5. The molecule has 0 radical (unpaired) electrons. The fraction of sp³-hybridized carbons (Fsp3) is 0.296. The minimum absolute atomic E-state index is 0.0234. The summed E-state index contributed by atoms with van der Waals surface area (Å²) in [6, 6.07) is 14.5. The van der Waals surface area contributed by atoms with Gasteiger partial charge in [0.05, 0.1) is 13.7 Å². The average molecular weight is 474 g/mol. The molecule has 8 nitrogen and oxygen atoms in total. The van der Waals surface area contributed by atoms with Gasteiger partial charge in [0.25, 0.3) is 11.8 Å². The van der Waals surface area contributed by atoms with E-state index in [1.165, 1.54) is 4.90 Å². The first-order valence-electron chi connectivity index (χ1n) is 11.8. The second kappa shape index (κ2) is 9.66. The highest BCUT2D eigenvalue weighted by Crippen LogP contribution is 2.29. The maximum atomic E-state index is 13.2. The first-order chi connectivity index (χ1) is 17.1. The van der Waals surface area contributed by atoms with Crippen molar-refractivity contribution >= 4 is 34.8 Å². The molecule has 1 aliphatic carbocycles. The van der Waals surface area contributed by atoms with Crippen molar-refractivity contribution in [3.63, 3.8) is 0 Å². The highest BCUT2D eigenvalue weighted by Gasteiger charge is 2.40. The molecule has 180 valence electrons. The van der Waals surface area contributed by atoms with Crippen LogP contribution in [0.15, 0.2) is 60.3 Å². The van der Waals surface area contributed by atoms with E-state index in [0.29, 0.717) is 24.7 Å². The van der Waals surface area contributed by atoms with Gasteiger partial charge in [-0.3, -0.25) is 19.8 Å².